The summed E-state index contributed by atoms with van der Waals surface area (Å²) in [6.45, 7) is 0. The fraction of sp³-hybridized carbons (Fsp3) is 0.222. The highest BCUT2D eigenvalue weighted by molar-refractivity contribution is 5.97. The number of pyridine rings is 1. The smallest absolute Gasteiger partial charge is 0.337 e. The molecule has 0 unspecified atom stereocenters. The molecule has 0 saturated carbocycles. The second kappa shape index (κ2) is 7.85. The number of hydrogen-bond donors (Lipinski definition) is 0. The van der Waals surface area contributed by atoms with Crippen LogP contribution in [0.25, 0.3) is 0 Å². The van der Waals surface area contributed by atoms with Gasteiger partial charge in [0, 0.05) is 18.0 Å². The van der Waals surface area contributed by atoms with E-state index in [0.717, 1.165) is 11.1 Å². The van der Waals surface area contributed by atoms with Gasteiger partial charge < -0.3 is 4.74 Å². The number of nitrogens with zero attached hydrogens (tertiary/aromatic N) is 2. The van der Waals surface area contributed by atoms with E-state index in [1.165, 1.54) is 13.3 Å². The van der Waals surface area contributed by atoms with Crippen molar-refractivity contribution in [2.45, 2.75) is 19.3 Å². The van der Waals surface area contributed by atoms with Gasteiger partial charge in [-0.15, -0.1) is 0 Å². The number of methoxy groups -OCH3 is 1. The van der Waals surface area contributed by atoms with Gasteiger partial charge in [0.1, 0.15) is 0 Å². The number of ketones is 1. The first-order valence-electron chi connectivity index (χ1n) is 7.15. The molecule has 0 bridgehead atoms. The van der Waals surface area contributed by atoms with Crippen LogP contribution in [-0.4, -0.2) is 23.8 Å². The molecule has 2 rings (SSSR count). The average molecular weight is 308 g/mol. The lowest BCUT2D eigenvalue weighted by atomic mass is 10.0. The molecule has 0 spiro atoms. The highest BCUT2D eigenvalue weighted by Crippen LogP contribution is 2.12. The van der Waals surface area contributed by atoms with Gasteiger partial charge in [-0.3, -0.25) is 9.78 Å². The predicted octanol–water partition coefficient (Wildman–Crippen LogP) is 2.75. The fourth-order valence-electron chi connectivity index (χ4n) is 2.21. The molecule has 0 aliphatic heterocycles. The molecule has 0 aliphatic rings. The van der Waals surface area contributed by atoms with Crippen molar-refractivity contribution in [3.05, 3.63) is 65.0 Å². The molecule has 0 N–H and O–H groups in total. The Morgan fingerprint density at radius 3 is 2.61 bits per heavy atom. The summed E-state index contributed by atoms with van der Waals surface area (Å²) in [5.41, 5.74) is 2.88. The molecule has 0 amide bonds. The van der Waals surface area contributed by atoms with E-state index in [-0.39, 0.29) is 18.2 Å². The van der Waals surface area contributed by atoms with E-state index in [1.54, 1.807) is 24.4 Å². The van der Waals surface area contributed by atoms with Crippen molar-refractivity contribution in [2.75, 3.05) is 7.11 Å². The first-order chi connectivity index (χ1) is 11.1. The number of Topliss-reactive ketones (excluding diaryl/α,β-unsaturated/α-hetero) is 1. The largest absolute Gasteiger partial charge is 0.465 e. The first kappa shape index (κ1) is 16.4. The molecular formula is C18H16N2O3. The average Bonchev–Trinajstić information content (AvgIpc) is 2.60. The predicted molar refractivity (Wildman–Crippen MR) is 84.0 cm³/mol. The summed E-state index contributed by atoms with van der Waals surface area (Å²) in [6, 6.07) is 10.9. The number of benzene rings is 1. The van der Waals surface area contributed by atoms with E-state index in [9.17, 15) is 9.59 Å². The van der Waals surface area contributed by atoms with Gasteiger partial charge in [0.2, 0.25) is 0 Å². The highest BCUT2D eigenvalue weighted by Gasteiger charge is 2.08. The second-order valence-electron chi connectivity index (χ2n) is 5.03. The van der Waals surface area contributed by atoms with Crippen LogP contribution in [0.3, 0.4) is 0 Å². The topological polar surface area (TPSA) is 80.0 Å². The van der Waals surface area contributed by atoms with Crippen LogP contribution in [0.1, 0.15) is 38.3 Å². The quantitative estimate of drug-likeness (QED) is 0.605. The summed E-state index contributed by atoms with van der Waals surface area (Å²) < 4.78 is 4.71. The zero-order valence-electron chi connectivity index (χ0n) is 12.8. The molecule has 0 fully saturated rings. The zero-order chi connectivity index (χ0) is 16.7. The third-order valence-electron chi connectivity index (χ3n) is 3.41. The fourth-order valence-corrected chi connectivity index (χ4v) is 2.21. The van der Waals surface area contributed by atoms with Crippen LogP contribution in [0, 0.1) is 11.3 Å². The molecule has 23 heavy (non-hydrogen) atoms. The molecule has 5 heteroatoms. The molecule has 0 radical (unpaired) electrons. The molecule has 0 aliphatic carbocycles. The van der Waals surface area contributed by atoms with E-state index in [4.69, 9.17) is 10.00 Å². The number of ether oxygens (including phenoxy) is 1. The molecule has 1 aromatic heterocycles. The number of nitriles is 1. The van der Waals surface area contributed by atoms with Crippen molar-refractivity contribution in [2.24, 2.45) is 0 Å². The molecule has 2 aromatic rings. The van der Waals surface area contributed by atoms with E-state index in [2.05, 4.69) is 4.98 Å². The van der Waals surface area contributed by atoms with Gasteiger partial charge in [0.25, 0.3) is 0 Å². The Balaban J connectivity index is 2.07. The number of hydrogen-bond acceptors (Lipinski definition) is 5. The van der Waals surface area contributed by atoms with Crippen LogP contribution in [0.4, 0.5) is 0 Å². The minimum absolute atomic E-state index is 0.147. The van der Waals surface area contributed by atoms with Gasteiger partial charge in [-0.1, -0.05) is 12.1 Å². The van der Waals surface area contributed by atoms with Crippen LogP contribution < -0.4 is 0 Å². The summed E-state index contributed by atoms with van der Waals surface area (Å²) in [6.07, 6.45) is 4.42. The Labute approximate surface area is 134 Å². The molecule has 0 atom stereocenters. The normalized spacial score (nSPS) is 9.91. The van der Waals surface area contributed by atoms with E-state index in [1.807, 2.05) is 18.2 Å². The van der Waals surface area contributed by atoms with Crippen LogP contribution in [0.15, 0.2) is 42.7 Å². The lowest BCUT2D eigenvalue weighted by Gasteiger charge is -2.05. The van der Waals surface area contributed by atoms with Gasteiger partial charge in [0.15, 0.2) is 5.78 Å². The summed E-state index contributed by atoms with van der Waals surface area (Å²) >= 11 is 0. The number of carbonyl (C=O) groups excluding carboxylic acids is 2. The maximum atomic E-state index is 11.7. The molecule has 0 saturated heterocycles. The number of rotatable bonds is 6. The van der Waals surface area contributed by atoms with Crippen molar-refractivity contribution >= 4 is 11.8 Å². The van der Waals surface area contributed by atoms with Crippen molar-refractivity contribution in [3.8, 4) is 6.07 Å². The minimum atomic E-state index is -0.363. The monoisotopic (exact) mass is 308 g/mol. The van der Waals surface area contributed by atoms with Crippen LogP contribution in [0.5, 0.6) is 0 Å². The summed E-state index contributed by atoms with van der Waals surface area (Å²) in [5.74, 6) is -0.591. The lowest BCUT2D eigenvalue weighted by Crippen LogP contribution is -2.03. The molecule has 1 aromatic carbocycles. The molecular weight excluding hydrogens is 292 g/mol. The third-order valence-corrected chi connectivity index (χ3v) is 3.41. The molecule has 116 valence electrons. The highest BCUT2D eigenvalue weighted by atomic mass is 16.5. The number of aryl methyl sites for hydroxylation is 2. The van der Waals surface area contributed by atoms with Crippen molar-refractivity contribution in [3.63, 3.8) is 0 Å². The maximum Gasteiger partial charge on any atom is 0.337 e. The Morgan fingerprint density at radius 2 is 1.87 bits per heavy atom. The van der Waals surface area contributed by atoms with Crippen LogP contribution in [0.2, 0.25) is 0 Å². The maximum absolute atomic E-state index is 11.7. The summed E-state index contributed by atoms with van der Waals surface area (Å²) in [5, 5.41) is 8.58. The van der Waals surface area contributed by atoms with Gasteiger partial charge in [-0.25, -0.2) is 4.79 Å². The second-order valence-corrected chi connectivity index (χ2v) is 5.03. The van der Waals surface area contributed by atoms with E-state index >= 15 is 0 Å². The van der Waals surface area contributed by atoms with Gasteiger partial charge in [0.05, 0.1) is 25.2 Å². The number of carbonyl (C=O) groups is 2. The third kappa shape index (κ3) is 4.48. The Kier molecular flexibility index (Phi) is 5.59. The van der Waals surface area contributed by atoms with Crippen LogP contribution in [-0.2, 0) is 17.6 Å². The number of aromatic nitrogens is 1. The SMILES string of the molecule is COC(=O)c1cccc(CCc2cncc(C(=O)CC#N)c2)c1. The number of esters is 1. The van der Waals surface area contributed by atoms with Crippen LogP contribution >= 0.6 is 0 Å². The van der Waals surface area contributed by atoms with Gasteiger partial charge in [-0.05, 0) is 42.2 Å². The minimum Gasteiger partial charge on any atom is -0.465 e. The van der Waals surface area contributed by atoms with E-state index < -0.39 is 0 Å². The summed E-state index contributed by atoms with van der Waals surface area (Å²) in [4.78, 5) is 27.3. The van der Waals surface area contributed by atoms with Gasteiger partial charge >= 0.3 is 5.97 Å². The Hall–Kier alpha value is -3.00. The Morgan fingerprint density at radius 1 is 1.13 bits per heavy atom. The zero-order valence-corrected chi connectivity index (χ0v) is 12.8. The lowest BCUT2D eigenvalue weighted by molar-refractivity contribution is 0.0600. The van der Waals surface area contributed by atoms with Crippen molar-refractivity contribution in [1.29, 1.82) is 5.26 Å². The van der Waals surface area contributed by atoms with Gasteiger partial charge in [-0.2, -0.15) is 5.26 Å². The van der Waals surface area contributed by atoms with Crippen molar-refractivity contribution < 1.29 is 14.3 Å². The standard InChI is InChI=1S/C18H16N2O3/c1-23-18(22)15-4-2-3-13(9-15)5-6-14-10-16(12-20-11-14)17(21)7-8-19/h2-4,9-12H,5-7H2,1H3. The molecule has 5 nitrogen and oxygen atoms in total. The summed E-state index contributed by atoms with van der Waals surface area (Å²) in [7, 11) is 1.35. The van der Waals surface area contributed by atoms with Crippen molar-refractivity contribution in [1.82, 2.24) is 4.98 Å². The molecule has 1 heterocycles. The Bertz CT molecular complexity index is 763. The first-order valence-corrected chi connectivity index (χ1v) is 7.15. The van der Waals surface area contributed by atoms with E-state index in [0.29, 0.717) is 24.0 Å².